The quantitative estimate of drug-likeness (QED) is 0.324. The average Bonchev–Trinajstić information content (AvgIpc) is 3.03. The molecule has 2 fully saturated rings. The molecule has 2 aliphatic rings. The van der Waals surface area contributed by atoms with E-state index >= 15 is 0 Å². The number of likely N-dealkylation sites (tertiary alicyclic amines) is 1. The summed E-state index contributed by atoms with van der Waals surface area (Å²) in [7, 11) is 0. The Labute approximate surface area is 249 Å². The molecule has 0 radical (unpaired) electrons. The minimum Gasteiger partial charge on any atom is -0.355 e. The van der Waals surface area contributed by atoms with Crippen molar-refractivity contribution in [2.24, 2.45) is 11.8 Å². The van der Waals surface area contributed by atoms with Crippen molar-refractivity contribution in [1.29, 1.82) is 0 Å². The van der Waals surface area contributed by atoms with Crippen molar-refractivity contribution in [3.8, 4) is 0 Å². The lowest BCUT2D eigenvalue weighted by molar-refractivity contribution is -0.122. The fourth-order valence-corrected chi connectivity index (χ4v) is 6.52. The van der Waals surface area contributed by atoms with Crippen molar-refractivity contribution in [3.05, 3.63) is 107 Å². The molecule has 0 saturated carbocycles. The zero-order valence-corrected chi connectivity index (χ0v) is 24.6. The van der Waals surface area contributed by atoms with Gasteiger partial charge in [0.25, 0.3) is 0 Å². The first-order chi connectivity index (χ1) is 20.4. The number of benzene rings is 3. The molecule has 2 heterocycles. The van der Waals surface area contributed by atoms with Crippen molar-refractivity contribution in [1.82, 2.24) is 20.9 Å². The molecule has 0 bridgehead atoms. The normalized spacial score (nSPS) is 21.5. The fourth-order valence-electron chi connectivity index (χ4n) is 6.52. The largest absolute Gasteiger partial charge is 0.355 e. The Morgan fingerprint density at radius 2 is 1.43 bits per heavy atom. The van der Waals surface area contributed by atoms with Gasteiger partial charge in [0, 0.05) is 74.2 Å². The van der Waals surface area contributed by atoms with Gasteiger partial charge < -0.3 is 16.0 Å². The smallest absolute Gasteiger partial charge is 0.234 e. The summed E-state index contributed by atoms with van der Waals surface area (Å²) < 4.78 is 0. The van der Waals surface area contributed by atoms with E-state index in [9.17, 15) is 14.4 Å². The first kappa shape index (κ1) is 29.8. The van der Waals surface area contributed by atoms with E-state index in [1.54, 1.807) is 0 Å². The molecule has 1 unspecified atom stereocenters. The van der Waals surface area contributed by atoms with E-state index in [4.69, 9.17) is 0 Å². The summed E-state index contributed by atoms with van der Waals surface area (Å²) in [5, 5.41) is 9.92. The number of carbonyl (C=O) groups excluding carboxylic acids is 3. The topological polar surface area (TPSA) is 90.5 Å². The summed E-state index contributed by atoms with van der Waals surface area (Å²) in [4.78, 5) is 43.6. The van der Waals surface area contributed by atoms with Gasteiger partial charge in [0.15, 0.2) is 11.6 Å². The van der Waals surface area contributed by atoms with E-state index in [0.717, 1.165) is 42.7 Å². The Kier molecular flexibility index (Phi) is 9.95. The van der Waals surface area contributed by atoms with E-state index in [-0.39, 0.29) is 29.9 Å². The van der Waals surface area contributed by atoms with E-state index in [1.807, 2.05) is 71.6 Å². The van der Waals surface area contributed by atoms with Crippen molar-refractivity contribution in [2.45, 2.75) is 32.2 Å². The molecular formula is C35H42N4O3. The van der Waals surface area contributed by atoms with Crippen LogP contribution in [0.5, 0.6) is 0 Å². The first-order valence-electron chi connectivity index (χ1n) is 15.1. The van der Waals surface area contributed by atoms with Crippen molar-refractivity contribution >= 4 is 17.5 Å². The van der Waals surface area contributed by atoms with Crippen LogP contribution in [-0.2, 0) is 4.79 Å². The molecule has 3 N–H and O–H groups in total. The number of hydrogen-bond acceptors (Lipinski definition) is 6. The number of nitrogens with one attached hydrogen (secondary N) is 3. The van der Waals surface area contributed by atoms with Crippen LogP contribution in [0.1, 0.15) is 49.7 Å². The zero-order valence-electron chi connectivity index (χ0n) is 24.6. The van der Waals surface area contributed by atoms with Gasteiger partial charge in [0.05, 0.1) is 6.54 Å². The molecule has 3 aromatic rings. The number of carbonyl (C=O) groups is 3. The number of nitrogens with zero attached hydrogens (tertiary/aromatic N) is 1. The Morgan fingerprint density at radius 1 is 0.810 bits per heavy atom. The van der Waals surface area contributed by atoms with Crippen LogP contribution in [0.25, 0.3) is 0 Å². The third-order valence-corrected chi connectivity index (χ3v) is 8.88. The van der Waals surface area contributed by atoms with Gasteiger partial charge in [0.1, 0.15) is 0 Å². The lowest BCUT2D eigenvalue weighted by Gasteiger charge is -2.43. The monoisotopic (exact) mass is 566 g/mol. The SMILES string of the molecule is Cc1cccc(C2[C@@H](C(=O)c3ccccc3)CN(CC(=O)NCCC3CNCCN3)C[C@@H]2C(=O)c2ccccc2)c1C. The maximum absolute atomic E-state index is 14.2. The van der Waals surface area contributed by atoms with Crippen molar-refractivity contribution < 1.29 is 14.4 Å². The summed E-state index contributed by atoms with van der Waals surface area (Å²) in [6, 6.07) is 25.2. The minimum absolute atomic E-state index is 0.00773. The van der Waals surface area contributed by atoms with Gasteiger partial charge in [-0.25, -0.2) is 0 Å². The van der Waals surface area contributed by atoms with Gasteiger partial charge in [0.2, 0.25) is 5.91 Å². The van der Waals surface area contributed by atoms with Gasteiger partial charge in [-0.05, 0) is 37.0 Å². The molecule has 0 spiro atoms. The van der Waals surface area contributed by atoms with Crippen molar-refractivity contribution in [3.63, 3.8) is 0 Å². The second-order valence-electron chi connectivity index (χ2n) is 11.7. The minimum atomic E-state index is -0.482. The second-order valence-corrected chi connectivity index (χ2v) is 11.7. The maximum atomic E-state index is 14.2. The predicted molar refractivity (Wildman–Crippen MR) is 166 cm³/mol. The summed E-state index contributed by atoms with van der Waals surface area (Å²) in [5.74, 6) is -1.34. The zero-order chi connectivity index (χ0) is 29.5. The number of piperazine rings is 1. The van der Waals surface area contributed by atoms with E-state index < -0.39 is 11.8 Å². The Bertz CT molecular complexity index is 1310. The van der Waals surface area contributed by atoms with Gasteiger partial charge in [-0.15, -0.1) is 0 Å². The Balaban J connectivity index is 1.44. The van der Waals surface area contributed by atoms with Gasteiger partial charge in [-0.3, -0.25) is 19.3 Å². The van der Waals surface area contributed by atoms with E-state index in [2.05, 4.69) is 41.9 Å². The standard InChI is InChI=1S/C35H42N4O3/c1-24-10-9-15-29(25(24)2)33-30(34(41)26-11-5-3-6-12-26)21-39(22-31(33)35(42)27-13-7-4-8-14-27)23-32(40)38-17-16-28-20-36-18-19-37-28/h3-15,28,30-31,33,36-37H,16-23H2,1-2H3,(H,38,40)/t28?,30-,31-/m0/s1. The van der Waals surface area contributed by atoms with Crippen LogP contribution in [0.3, 0.4) is 0 Å². The summed E-state index contributed by atoms with van der Waals surface area (Å²) in [6.07, 6.45) is 0.845. The number of ketones is 2. The first-order valence-corrected chi connectivity index (χ1v) is 15.1. The third-order valence-electron chi connectivity index (χ3n) is 8.88. The summed E-state index contributed by atoms with van der Waals surface area (Å²) >= 11 is 0. The van der Waals surface area contributed by atoms with Crippen LogP contribution >= 0.6 is 0 Å². The number of aryl methyl sites for hydroxylation is 1. The molecule has 7 heteroatoms. The fraction of sp³-hybridized carbons (Fsp3) is 0.400. The maximum Gasteiger partial charge on any atom is 0.234 e. The molecule has 2 saturated heterocycles. The Morgan fingerprint density at radius 3 is 2.00 bits per heavy atom. The van der Waals surface area contributed by atoms with Crippen LogP contribution in [0.15, 0.2) is 78.9 Å². The highest BCUT2D eigenvalue weighted by Gasteiger charge is 2.45. The number of Topliss-reactive ketones (excluding diaryl/α,β-unsaturated/α-hetero) is 2. The molecule has 7 nitrogen and oxygen atoms in total. The van der Waals surface area contributed by atoms with Gasteiger partial charge in [-0.1, -0.05) is 78.9 Å². The highest BCUT2D eigenvalue weighted by atomic mass is 16.2. The van der Waals surface area contributed by atoms with Crippen LogP contribution in [-0.4, -0.2) is 74.2 Å². The Hall–Kier alpha value is -3.65. The predicted octanol–water partition coefficient (Wildman–Crippen LogP) is 3.77. The van der Waals surface area contributed by atoms with Gasteiger partial charge in [-0.2, -0.15) is 0 Å². The molecule has 3 aromatic carbocycles. The van der Waals surface area contributed by atoms with E-state index in [1.165, 1.54) is 0 Å². The molecule has 42 heavy (non-hydrogen) atoms. The molecule has 5 rings (SSSR count). The van der Waals surface area contributed by atoms with Crippen LogP contribution in [0, 0.1) is 25.7 Å². The molecular weight excluding hydrogens is 524 g/mol. The average molecular weight is 567 g/mol. The van der Waals surface area contributed by atoms with E-state index in [0.29, 0.717) is 36.8 Å². The number of hydrogen-bond donors (Lipinski definition) is 3. The van der Waals surface area contributed by atoms with Crippen LogP contribution in [0.4, 0.5) is 0 Å². The number of amides is 1. The molecule has 220 valence electrons. The molecule has 2 aliphatic heterocycles. The highest BCUT2D eigenvalue weighted by molar-refractivity contribution is 6.02. The number of piperidine rings is 1. The molecule has 0 aliphatic carbocycles. The van der Waals surface area contributed by atoms with Crippen molar-refractivity contribution in [2.75, 3.05) is 45.8 Å². The molecule has 0 aromatic heterocycles. The van der Waals surface area contributed by atoms with Crippen LogP contribution < -0.4 is 16.0 Å². The second kappa shape index (κ2) is 14.0. The lowest BCUT2D eigenvalue weighted by atomic mass is 9.67. The summed E-state index contributed by atoms with van der Waals surface area (Å²) in [5.41, 5.74) is 4.54. The summed E-state index contributed by atoms with van der Waals surface area (Å²) in [6.45, 7) is 8.48. The molecule has 3 atom stereocenters. The third kappa shape index (κ3) is 7.04. The lowest BCUT2D eigenvalue weighted by Crippen LogP contribution is -2.53. The number of rotatable bonds is 10. The van der Waals surface area contributed by atoms with Crippen LogP contribution in [0.2, 0.25) is 0 Å². The highest BCUT2D eigenvalue weighted by Crippen LogP contribution is 2.42. The molecule has 1 amide bonds. The van der Waals surface area contributed by atoms with Gasteiger partial charge >= 0.3 is 0 Å².